The van der Waals surface area contributed by atoms with Crippen LogP contribution in [0, 0.1) is 10.8 Å². The van der Waals surface area contributed by atoms with E-state index in [0.717, 1.165) is 24.8 Å². The van der Waals surface area contributed by atoms with Crippen molar-refractivity contribution in [3.63, 3.8) is 0 Å². The van der Waals surface area contributed by atoms with Crippen molar-refractivity contribution >= 4 is 5.91 Å². The number of hydrogen-bond donors (Lipinski definition) is 2. The lowest BCUT2D eigenvalue weighted by atomic mass is 9.76. The van der Waals surface area contributed by atoms with Gasteiger partial charge in [0.05, 0.1) is 0 Å². The van der Waals surface area contributed by atoms with Crippen LogP contribution in [0.25, 0.3) is 0 Å². The van der Waals surface area contributed by atoms with Gasteiger partial charge in [-0.3, -0.25) is 4.79 Å². The molecule has 0 aliphatic rings. The van der Waals surface area contributed by atoms with Crippen molar-refractivity contribution in [2.45, 2.75) is 99.0 Å². The van der Waals surface area contributed by atoms with Crippen molar-refractivity contribution < 1.29 is 9.90 Å². The fourth-order valence-corrected chi connectivity index (χ4v) is 3.58. The number of amides is 1. The summed E-state index contributed by atoms with van der Waals surface area (Å²) in [6.45, 7) is 13.2. The smallest absolute Gasteiger partial charge is 0.220 e. The largest absolute Gasteiger partial charge is 0.508 e. The summed E-state index contributed by atoms with van der Waals surface area (Å²) in [5, 5.41) is 12.8. The lowest BCUT2D eigenvalue weighted by molar-refractivity contribution is -0.125. The van der Waals surface area contributed by atoms with E-state index in [1.807, 2.05) is 12.1 Å². The minimum absolute atomic E-state index is 0.0310. The van der Waals surface area contributed by atoms with Crippen LogP contribution >= 0.6 is 0 Å². The molecule has 0 spiro atoms. The van der Waals surface area contributed by atoms with Crippen LogP contribution in [0.5, 0.6) is 5.75 Å². The molecule has 3 nitrogen and oxygen atoms in total. The maximum Gasteiger partial charge on any atom is 0.220 e. The molecule has 0 aliphatic carbocycles. The predicted molar refractivity (Wildman–Crippen MR) is 115 cm³/mol. The summed E-state index contributed by atoms with van der Waals surface area (Å²) >= 11 is 0. The van der Waals surface area contributed by atoms with E-state index in [1.165, 1.54) is 25.7 Å². The average Bonchev–Trinajstić information content (AvgIpc) is 2.59. The van der Waals surface area contributed by atoms with E-state index in [-0.39, 0.29) is 28.5 Å². The highest BCUT2D eigenvalue weighted by molar-refractivity contribution is 5.77. The zero-order valence-electron chi connectivity index (χ0n) is 18.4. The zero-order valence-corrected chi connectivity index (χ0v) is 18.4. The Kier molecular flexibility index (Phi) is 9.35. The molecule has 1 aromatic rings. The van der Waals surface area contributed by atoms with Gasteiger partial charge in [-0.05, 0) is 47.8 Å². The van der Waals surface area contributed by atoms with Gasteiger partial charge < -0.3 is 10.4 Å². The van der Waals surface area contributed by atoms with E-state index < -0.39 is 0 Å². The average molecular weight is 376 g/mol. The Hall–Kier alpha value is -1.51. The van der Waals surface area contributed by atoms with Crippen molar-refractivity contribution in [3.05, 3.63) is 29.8 Å². The van der Waals surface area contributed by atoms with Gasteiger partial charge in [0.25, 0.3) is 0 Å². The summed E-state index contributed by atoms with van der Waals surface area (Å²) in [6.07, 6.45) is 8.34. The summed E-state index contributed by atoms with van der Waals surface area (Å²) in [5.41, 5.74) is 1.20. The fraction of sp³-hybridized carbons (Fsp3) is 0.708. The van der Waals surface area contributed by atoms with Gasteiger partial charge in [-0.1, -0.05) is 79.4 Å². The maximum absolute atomic E-state index is 12.9. The van der Waals surface area contributed by atoms with E-state index in [4.69, 9.17) is 0 Å². The molecular weight excluding hydrogens is 334 g/mol. The van der Waals surface area contributed by atoms with Crippen molar-refractivity contribution in [2.24, 2.45) is 10.8 Å². The Balaban J connectivity index is 2.80. The highest BCUT2D eigenvalue weighted by Crippen LogP contribution is 2.34. The normalized spacial score (nSPS) is 13.4. The first-order chi connectivity index (χ1) is 12.6. The van der Waals surface area contributed by atoms with Gasteiger partial charge in [-0.25, -0.2) is 0 Å². The van der Waals surface area contributed by atoms with Gasteiger partial charge in [0.2, 0.25) is 5.91 Å². The molecule has 0 bridgehead atoms. The molecule has 0 aliphatic heterocycles. The number of unbranched alkanes of at least 4 members (excludes halogenated alkanes) is 2. The molecule has 0 fully saturated rings. The molecule has 3 heteroatoms. The van der Waals surface area contributed by atoms with Gasteiger partial charge in [-0.15, -0.1) is 0 Å². The van der Waals surface area contributed by atoms with Crippen LogP contribution in [-0.4, -0.2) is 17.1 Å². The number of phenols is 1. The number of carbonyl (C=O) groups is 1. The first-order valence-corrected chi connectivity index (χ1v) is 10.7. The van der Waals surface area contributed by atoms with E-state index in [0.29, 0.717) is 6.42 Å². The van der Waals surface area contributed by atoms with Gasteiger partial charge in [0, 0.05) is 12.5 Å². The van der Waals surface area contributed by atoms with E-state index in [9.17, 15) is 9.90 Å². The van der Waals surface area contributed by atoms with Crippen LogP contribution in [0.15, 0.2) is 24.3 Å². The lowest BCUT2D eigenvalue weighted by Gasteiger charge is -2.34. The number of hydrogen-bond acceptors (Lipinski definition) is 2. The molecule has 27 heavy (non-hydrogen) atoms. The topological polar surface area (TPSA) is 49.3 Å². The molecule has 0 aromatic heterocycles. The number of phenolic OH excluding ortho intramolecular Hbond substituents is 1. The first-order valence-electron chi connectivity index (χ1n) is 10.7. The van der Waals surface area contributed by atoms with Crippen molar-refractivity contribution in [1.29, 1.82) is 0 Å². The van der Waals surface area contributed by atoms with Gasteiger partial charge >= 0.3 is 0 Å². The Morgan fingerprint density at radius 1 is 1.00 bits per heavy atom. The quantitative estimate of drug-likeness (QED) is 0.481. The Morgan fingerprint density at radius 2 is 1.52 bits per heavy atom. The molecule has 0 heterocycles. The van der Waals surface area contributed by atoms with Crippen LogP contribution in [0.2, 0.25) is 0 Å². The minimum Gasteiger partial charge on any atom is -0.508 e. The second-order valence-corrected chi connectivity index (χ2v) is 9.55. The third-order valence-corrected chi connectivity index (χ3v) is 5.61. The molecule has 1 amide bonds. The minimum atomic E-state index is -0.0310. The van der Waals surface area contributed by atoms with Gasteiger partial charge in [-0.2, -0.15) is 0 Å². The van der Waals surface area contributed by atoms with Crippen LogP contribution in [-0.2, 0) is 11.2 Å². The summed E-state index contributed by atoms with van der Waals surface area (Å²) < 4.78 is 0. The number of carbonyl (C=O) groups excluding carboxylic acids is 1. The fourth-order valence-electron chi connectivity index (χ4n) is 3.58. The summed E-state index contributed by atoms with van der Waals surface area (Å²) in [5.74, 6) is 0.445. The summed E-state index contributed by atoms with van der Waals surface area (Å²) in [7, 11) is 0. The second-order valence-electron chi connectivity index (χ2n) is 9.55. The van der Waals surface area contributed by atoms with Crippen LogP contribution in [0.1, 0.15) is 92.1 Å². The second kappa shape index (κ2) is 10.7. The molecule has 1 atom stereocenters. The van der Waals surface area contributed by atoms with Crippen LogP contribution < -0.4 is 5.32 Å². The van der Waals surface area contributed by atoms with Crippen molar-refractivity contribution in [3.8, 4) is 5.75 Å². The Bertz CT molecular complexity index is 549. The molecule has 0 saturated carbocycles. The summed E-state index contributed by atoms with van der Waals surface area (Å²) in [6, 6.07) is 7.36. The standard InChI is InChI=1S/C24H41NO2/c1-7-9-15-24(6,16-10-8-2)18-22(27)25-21(23(3,4)5)17-19-11-13-20(26)14-12-19/h11-14,21,26H,7-10,15-18H2,1-6H3,(H,25,27). The van der Waals surface area contributed by atoms with E-state index in [2.05, 4.69) is 46.9 Å². The number of rotatable bonds is 11. The Labute approximate surface area is 167 Å². The first kappa shape index (κ1) is 23.5. The SMILES string of the molecule is CCCCC(C)(CCCC)CC(=O)NC(Cc1ccc(O)cc1)C(C)(C)C. The molecule has 1 rings (SSSR count). The molecular formula is C24H41NO2. The van der Waals surface area contributed by atoms with Crippen LogP contribution in [0.4, 0.5) is 0 Å². The zero-order chi connectivity index (χ0) is 20.5. The maximum atomic E-state index is 12.9. The number of nitrogens with one attached hydrogen (secondary N) is 1. The van der Waals surface area contributed by atoms with Gasteiger partial charge in [0.15, 0.2) is 0 Å². The number of benzene rings is 1. The van der Waals surface area contributed by atoms with E-state index >= 15 is 0 Å². The van der Waals surface area contributed by atoms with Crippen molar-refractivity contribution in [1.82, 2.24) is 5.32 Å². The van der Waals surface area contributed by atoms with Gasteiger partial charge in [0.1, 0.15) is 5.75 Å². The van der Waals surface area contributed by atoms with E-state index in [1.54, 1.807) is 12.1 Å². The molecule has 2 N–H and O–H groups in total. The molecule has 0 saturated heterocycles. The molecule has 154 valence electrons. The Morgan fingerprint density at radius 3 is 1.96 bits per heavy atom. The predicted octanol–water partition coefficient (Wildman–Crippen LogP) is 6.24. The van der Waals surface area contributed by atoms with Crippen molar-refractivity contribution in [2.75, 3.05) is 0 Å². The molecule has 1 aromatic carbocycles. The monoisotopic (exact) mass is 375 g/mol. The molecule has 1 unspecified atom stereocenters. The third kappa shape index (κ3) is 8.81. The third-order valence-electron chi connectivity index (χ3n) is 5.61. The molecule has 0 radical (unpaired) electrons. The summed E-state index contributed by atoms with van der Waals surface area (Å²) in [4.78, 5) is 12.9. The number of aromatic hydroxyl groups is 1. The lowest BCUT2D eigenvalue weighted by Crippen LogP contribution is -2.46. The highest BCUT2D eigenvalue weighted by Gasteiger charge is 2.30. The van der Waals surface area contributed by atoms with Crippen LogP contribution in [0.3, 0.4) is 0 Å². The highest BCUT2D eigenvalue weighted by atomic mass is 16.3.